The van der Waals surface area contributed by atoms with Gasteiger partial charge < -0.3 is 10.1 Å². The van der Waals surface area contributed by atoms with Crippen LogP contribution >= 0.6 is 0 Å². The van der Waals surface area contributed by atoms with Crippen LogP contribution in [0.15, 0.2) is 30.3 Å². The van der Waals surface area contributed by atoms with Gasteiger partial charge in [-0.3, -0.25) is 9.69 Å². The number of nitrogens with zero attached hydrogens (tertiary/aromatic N) is 1. The van der Waals surface area contributed by atoms with Gasteiger partial charge in [-0.05, 0) is 23.1 Å². The third kappa shape index (κ3) is 5.62. The summed E-state index contributed by atoms with van der Waals surface area (Å²) in [6, 6.07) is 8.32. The van der Waals surface area contributed by atoms with Gasteiger partial charge in [0.05, 0.1) is 13.2 Å². The Balaban J connectivity index is 1.71. The fourth-order valence-corrected chi connectivity index (χ4v) is 2.38. The van der Waals surface area contributed by atoms with Gasteiger partial charge in [0, 0.05) is 32.3 Å². The first-order valence-electron chi connectivity index (χ1n) is 8.01. The number of hydrogen-bond acceptors (Lipinski definition) is 3. The molecule has 1 fully saturated rings. The van der Waals surface area contributed by atoms with Gasteiger partial charge in [0.1, 0.15) is 0 Å². The zero-order valence-corrected chi connectivity index (χ0v) is 13.5. The molecule has 0 radical (unpaired) electrons. The molecule has 1 aliphatic rings. The molecule has 1 heterocycles. The van der Waals surface area contributed by atoms with Crippen molar-refractivity contribution in [3.05, 3.63) is 41.5 Å². The molecule has 1 aliphatic heterocycles. The molecule has 120 valence electrons. The molecule has 0 saturated carbocycles. The van der Waals surface area contributed by atoms with Gasteiger partial charge in [-0.1, -0.05) is 38.1 Å². The summed E-state index contributed by atoms with van der Waals surface area (Å²) in [5, 5.41) is 2.92. The number of rotatable bonds is 6. The summed E-state index contributed by atoms with van der Waals surface area (Å²) in [6.07, 6.45) is 3.46. The van der Waals surface area contributed by atoms with Crippen LogP contribution in [0.1, 0.15) is 30.9 Å². The van der Waals surface area contributed by atoms with Gasteiger partial charge >= 0.3 is 0 Å². The van der Waals surface area contributed by atoms with Crippen LogP contribution in [0.5, 0.6) is 0 Å². The molecule has 0 spiro atoms. The van der Waals surface area contributed by atoms with Crippen molar-refractivity contribution in [3.63, 3.8) is 0 Å². The Morgan fingerprint density at radius 2 is 1.95 bits per heavy atom. The van der Waals surface area contributed by atoms with E-state index in [1.165, 1.54) is 5.56 Å². The Morgan fingerprint density at radius 1 is 1.27 bits per heavy atom. The Kier molecular flexibility index (Phi) is 6.62. The first-order valence-corrected chi connectivity index (χ1v) is 8.01. The molecule has 1 N–H and O–H groups in total. The molecule has 0 aliphatic carbocycles. The van der Waals surface area contributed by atoms with Crippen LogP contribution in [0, 0.1) is 0 Å². The predicted molar refractivity (Wildman–Crippen MR) is 89.8 cm³/mol. The summed E-state index contributed by atoms with van der Waals surface area (Å²) in [7, 11) is 0. The van der Waals surface area contributed by atoms with E-state index in [0.717, 1.165) is 38.4 Å². The Morgan fingerprint density at radius 3 is 2.59 bits per heavy atom. The number of ether oxygens (including phenoxy) is 1. The minimum atomic E-state index is -0.0406. The van der Waals surface area contributed by atoms with Gasteiger partial charge in [0.25, 0.3) is 0 Å². The first kappa shape index (κ1) is 16.7. The lowest BCUT2D eigenvalue weighted by molar-refractivity contribution is -0.116. The number of morpholine rings is 1. The molecule has 0 bridgehead atoms. The number of hydrogen-bond donors (Lipinski definition) is 1. The van der Waals surface area contributed by atoms with Crippen molar-refractivity contribution in [1.82, 2.24) is 10.2 Å². The van der Waals surface area contributed by atoms with Gasteiger partial charge in [-0.2, -0.15) is 0 Å². The van der Waals surface area contributed by atoms with E-state index in [1.807, 2.05) is 18.2 Å². The SMILES string of the molecule is CC(C)c1ccc(C=CC(=O)NCCN2CCOCC2)cc1. The van der Waals surface area contributed by atoms with Gasteiger partial charge in [0.15, 0.2) is 0 Å². The average Bonchev–Trinajstić information content (AvgIpc) is 2.54. The maximum Gasteiger partial charge on any atom is 0.244 e. The summed E-state index contributed by atoms with van der Waals surface area (Å²) in [6.45, 7) is 9.39. The lowest BCUT2D eigenvalue weighted by atomic mass is 10.0. The Labute approximate surface area is 133 Å². The zero-order chi connectivity index (χ0) is 15.8. The first-order chi connectivity index (χ1) is 10.6. The molecule has 1 saturated heterocycles. The zero-order valence-electron chi connectivity index (χ0n) is 13.5. The third-order valence-electron chi connectivity index (χ3n) is 3.86. The van der Waals surface area contributed by atoms with Crippen molar-refractivity contribution in [1.29, 1.82) is 0 Å². The van der Waals surface area contributed by atoms with E-state index in [9.17, 15) is 4.79 Å². The van der Waals surface area contributed by atoms with Crippen LogP contribution in [0.25, 0.3) is 6.08 Å². The third-order valence-corrected chi connectivity index (χ3v) is 3.86. The van der Waals surface area contributed by atoms with Gasteiger partial charge in [-0.25, -0.2) is 0 Å². The topological polar surface area (TPSA) is 41.6 Å². The van der Waals surface area contributed by atoms with Crippen molar-refractivity contribution in [3.8, 4) is 0 Å². The number of nitrogens with one attached hydrogen (secondary N) is 1. The molecule has 0 atom stereocenters. The summed E-state index contributed by atoms with van der Waals surface area (Å²) >= 11 is 0. The quantitative estimate of drug-likeness (QED) is 0.820. The van der Waals surface area contributed by atoms with Crippen molar-refractivity contribution in [2.45, 2.75) is 19.8 Å². The summed E-state index contributed by atoms with van der Waals surface area (Å²) < 4.78 is 5.30. The monoisotopic (exact) mass is 302 g/mol. The predicted octanol–water partition coefficient (Wildman–Crippen LogP) is 2.27. The normalized spacial score (nSPS) is 16.3. The highest BCUT2D eigenvalue weighted by molar-refractivity contribution is 5.91. The maximum absolute atomic E-state index is 11.8. The van der Waals surface area contributed by atoms with E-state index in [2.05, 4.69) is 36.2 Å². The molecule has 1 aromatic carbocycles. The lowest BCUT2D eigenvalue weighted by Gasteiger charge is -2.26. The van der Waals surface area contributed by atoms with E-state index >= 15 is 0 Å². The molecule has 2 rings (SSSR count). The van der Waals surface area contributed by atoms with E-state index in [0.29, 0.717) is 12.5 Å². The Bertz CT molecular complexity index is 488. The highest BCUT2D eigenvalue weighted by Crippen LogP contribution is 2.15. The molecular formula is C18H26N2O2. The van der Waals surface area contributed by atoms with Crippen LogP contribution in [0.4, 0.5) is 0 Å². The van der Waals surface area contributed by atoms with Crippen molar-refractivity contribution < 1.29 is 9.53 Å². The van der Waals surface area contributed by atoms with E-state index in [4.69, 9.17) is 4.74 Å². The highest BCUT2D eigenvalue weighted by atomic mass is 16.5. The molecule has 1 aromatic rings. The van der Waals surface area contributed by atoms with Crippen LogP contribution in [-0.2, 0) is 9.53 Å². The minimum absolute atomic E-state index is 0.0406. The molecule has 22 heavy (non-hydrogen) atoms. The summed E-state index contributed by atoms with van der Waals surface area (Å²) in [4.78, 5) is 14.1. The summed E-state index contributed by atoms with van der Waals surface area (Å²) in [5.74, 6) is 0.489. The lowest BCUT2D eigenvalue weighted by Crippen LogP contribution is -2.41. The average molecular weight is 302 g/mol. The highest BCUT2D eigenvalue weighted by Gasteiger charge is 2.09. The van der Waals surface area contributed by atoms with Crippen molar-refractivity contribution in [2.75, 3.05) is 39.4 Å². The fraction of sp³-hybridized carbons (Fsp3) is 0.500. The molecule has 0 aromatic heterocycles. The van der Waals surface area contributed by atoms with Gasteiger partial charge in [0.2, 0.25) is 5.91 Å². The number of carbonyl (C=O) groups is 1. The maximum atomic E-state index is 11.8. The minimum Gasteiger partial charge on any atom is -0.379 e. The molecule has 4 heteroatoms. The number of amides is 1. The van der Waals surface area contributed by atoms with Crippen LogP contribution in [-0.4, -0.2) is 50.2 Å². The number of benzene rings is 1. The van der Waals surface area contributed by atoms with Crippen LogP contribution in [0.2, 0.25) is 0 Å². The fourth-order valence-electron chi connectivity index (χ4n) is 2.38. The smallest absolute Gasteiger partial charge is 0.244 e. The van der Waals surface area contributed by atoms with E-state index < -0.39 is 0 Å². The van der Waals surface area contributed by atoms with Crippen molar-refractivity contribution >= 4 is 12.0 Å². The van der Waals surface area contributed by atoms with E-state index in [1.54, 1.807) is 6.08 Å². The van der Waals surface area contributed by atoms with E-state index in [-0.39, 0.29) is 5.91 Å². The second-order valence-electron chi connectivity index (χ2n) is 5.90. The largest absolute Gasteiger partial charge is 0.379 e. The molecular weight excluding hydrogens is 276 g/mol. The van der Waals surface area contributed by atoms with Crippen LogP contribution < -0.4 is 5.32 Å². The van der Waals surface area contributed by atoms with Crippen molar-refractivity contribution in [2.24, 2.45) is 0 Å². The van der Waals surface area contributed by atoms with Gasteiger partial charge in [-0.15, -0.1) is 0 Å². The number of carbonyl (C=O) groups excluding carboxylic acids is 1. The second kappa shape index (κ2) is 8.71. The standard InChI is InChI=1S/C18H26N2O2/c1-15(2)17-6-3-16(4-7-17)5-8-18(21)19-9-10-20-11-13-22-14-12-20/h3-8,15H,9-14H2,1-2H3,(H,19,21). The molecule has 1 amide bonds. The van der Waals surface area contributed by atoms with Crippen LogP contribution in [0.3, 0.4) is 0 Å². The summed E-state index contributed by atoms with van der Waals surface area (Å²) in [5.41, 5.74) is 2.36. The molecule has 4 nitrogen and oxygen atoms in total. The molecule has 0 unspecified atom stereocenters. The Hall–Kier alpha value is -1.65. The second-order valence-corrected chi connectivity index (χ2v) is 5.90.